The summed E-state index contributed by atoms with van der Waals surface area (Å²) < 4.78 is 46.5. The number of benzene rings is 2. The summed E-state index contributed by atoms with van der Waals surface area (Å²) in [6.45, 7) is 1.82. The lowest BCUT2D eigenvalue weighted by molar-refractivity contribution is -0.122. The highest BCUT2D eigenvalue weighted by Crippen LogP contribution is 2.44. The van der Waals surface area contributed by atoms with Crippen molar-refractivity contribution in [3.05, 3.63) is 59.9 Å². The molecule has 1 atom stereocenters. The van der Waals surface area contributed by atoms with Crippen LogP contribution in [0.3, 0.4) is 0 Å². The normalized spacial score (nSPS) is 16.8. The van der Waals surface area contributed by atoms with E-state index in [9.17, 15) is 17.6 Å². The molecule has 0 spiro atoms. The van der Waals surface area contributed by atoms with Crippen LogP contribution < -0.4 is 14.8 Å². The van der Waals surface area contributed by atoms with Crippen molar-refractivity contribution in [3.63, 3.8) is 0 Å². The zero-order valence-corrected chi connectivity index (χ0v) is 18.0. The summed E-state index contributed by atoms with van der Waals surface area (Å²) in [5.74, 6) is -0.545. The topological polar surface area (TPSA) is 84.5 Å². The van der Waals surface area contributed by atoms with Gasteiger partial charge in [0.1, 0.15) is 16.5 Å². The van der Waals surface area contributed by atoms with Crippen molar-refractivity contribution in [2.75, 3.05) is 13.7 Å². The summed E-state index contributed by atoms with van der Waals surface area (Å²) in [5, 5.41) is 2.89. The maximum atomic E-state index is 13.9. The van der Waals surface area contributed by atoms with Gasteiger partial charge >= 0.3 is 0 Å². The summed E-state index contributed by atoms with van der Waals surface area (Å²) in [6, 6.07) is 11.8. The van der Waals surface area contributed by atoms with Gasteiger partial charge in [0.15, 0.2) is 0 Å². The first-order chi connectivity index (χ1) is 14.3. The molecule has 1 saturated carbocycles. The van der Waals surface area contributed by atoms with Gasteiger partial charge in [0, 0.05) is 17.5 Å². The molecule has 0 saturated heterocycles. The number of methoxy groups -OCH3 is 1. The summed E-state index contributed by atoms with van der Waals surface area (Å²) in [4.78, 5) is 12.2. The molecule has 1 amide bonds. The van der Waals surface area contributed by atoms with E-state index in [1.54, 1.807) is 7.11 Å². The molecule has 1 fully saturated rings. The van der Waals surface area contributed by atoms with Gasteiger partial charge in [0.2, 0.25) is 15.9 Å². The van der Waals surface area contributed by atoms with Crippen molar-refractivity contribution in [3.8, 4) is 5.75 Å². The zero-order valence-electron chi connectivity index (χ0n) is 17.2. The van der Waals surface area contributed by atoms with E-state index in [1.165, 1.54) is 19.1 Å². The van der Waals surface area contributed by atoms with Gasteiger partial charge in [0.05, 0.1) is 13.2 Å². The van der Waals surface area contributed by atoms with E-state index in [0.717, 1.165) is 49.1 Å². The molecule has 0 heterocycles. The lowest BCUT2D eigenvalue weighted by atomic mass is 9.78. The van der Waals surface area contributed by atoms with Crippen LogP contribution >= 0.6 is 0 Å². The number of rotatable bonds is 8. The molecule has 0 bridgehead atoms. The predicted octanol–water partition coefficient (Wildman–Crippen LogP) is 3.13. The van der Waals surface area contributed by atoms with Gasteiger partial charge in [-0.05, 0) is 38.0 Å². The smallest absolute Gasteiger partial charge is 0.244 e. The molecule has 1 aliphatic carbocycles. The van der Waals surface area contributed by atoms with Crippen molar-refractivity contribution in [2.45, 2.75) is 49.0 Å². The van der Waals surface area contributed by atoms with Crippen molar-refractivity contribution in [1.29, 1.82) is 0 Å². The Hall–Kier alpha value is -2.45. The highest BCUT2D eigenvalue weighted by atomic mass is 32.2. The fourth-order valence-electron chi connectivity index (χ4n) is 4.10. The van der Waals surface area contributed by atoms with Gasteiger partial charge in [-0.2, -0.15) is 4.72 Å². The number of sulfonamides is 1. The number of carbonyl (C=O) groups excluding carboxylic acids is 1. The molecule has 0 aromatic heterocycles. The van der Waals surface area contributed by atoms with E-state index >= 15 is 0 Å². The van der Waals surface area contributed by atoms with Crippen LogP contribution in [0.15, 0.2) is 53.4 Å². The molecule has 8 heteroatoms. The molecule has 30 heavy (non-hydrogen) atoms. The van der Waals surface area contributed by atoms with Crippen molar-refractivity contribution < 1.29 is 22.3 Å². The Kier molecular flexibility index (Phi) is 6.77. The van der Waals surface area contributed by atoms with E-state index in [0.29, 0.717) is 6.54 Å². The average Bonchev–Trinajstić information content (AvgIpc) is 3.21. The Labute approximate surface area is 176 Å². The number of hydrogen-bond donors (Lipinski definition) is 2. The molecule has 0 aliphatic heterocycles. The monoisotopic (exact) mass is 434 g/mol. The highest BCUT2D eigenvalue weighted by Gasteiger charge is 2.38. The van der Waals surface area contributed by atoms with Gasteiger partial charge in [-0.25, -0.2) is 12.8 Å². The van der Waals surface area contributed by atoms with Crippen LogP contribution in [0, 0.1) is 5.82 Å². The predicted molar refractivity (Wildman–Crippen MR) is 112 cm³/mol. The number of carbonyl (C=O) groups is 1. The van der Waals surface area contributed by atoms with Crippen LogP contribution in [-0.4, -0.2) is 34.0 Å². The molecular weight excluding hydrogens is 407 g/mol. The Morgan fingerprint density at radius 3 is 2.43 bits per heavy atom. The maximum Gasteiger partial charge on any atom is 0.244 e. The molecular formula is C22H27FN2O4S. The standard InChI is InChI=1S/C22H27FN2O4S/c1-16(25-30(27,28)20-12-6-4-10-18(20)23)21(26)24-15-22(13-7-8-14-22)17-9-3-5-11-19(17)29-2/h3-6,9-12,16,25H,7-8,13-15H2,1-2H3,(H,24,26)/t16-/m0/s1. The fraction of sp³-hybridized carbons (Fsp3) is 0.409. The summed E-state index contributed by atoms with van der Waals surface area (Å²) >= 11 is 0. The van der Waals surface area contributed by atoms with Crippen LogP contribution in [0.5, 0.6) is 5.75 Å². The van der Waals surface area contributed by atoms with E-state index in [-0.39, 0.29) is 5.41 Å². The van der Waals surface area contributed by atoms with E-state index in [1.807, 2.05) is 24.3 Å². The van der Waals surface area contributed by atoms with Crippen molar-refractivity contribution in [2.24, 2.45) is 0 Å². The molecule has 3 rings (SSSR count). The third kappa shape index (κ3) is 4.65. The first-order valence-corrected chi connectivity index (χ1v) is 11.5. The van der Waals surface area contributed by atoms with Crippen LogP contribution in [0.25, 0.3) is 0 Å². The molecule has 2 aromatic rings. The second kappa shape index (κ2) is 9.14. The minimum atomic E-state index is -4.16. The van der Waals surface area contributed by atoms with Crippen molar-refractivity contribution >= 4 is 15.9 Å². The SMILES string of the molecule is COc1ccccc1C1(CNC(=O)[C@H](C)NS(=O)(=O)c2ccccc2F)CCCC1. The third-order valence-corrected chi connectivity index (χ3v) is 7.27. The van der Waals surface area contributed by atoms with Crippen LogP contribution in [0.1, 0.15) is 38.2 Å². The number of ether oxygens (including phenoxy) is 1. The average molecular weight is 435 g/mol. The molecule has 0 radical (unpaired) electrons. The van der Waals surface area contributed by atoms with Gasteiger partial charge in [-0.3, -0.25) is 4.79 Å². The minimum Gasteiger partial charge on any atom is -0.496 e. The third-order valence-electron chi connectivity index (χ3n) is 5.69. The Morgan fingerprint density at radius 1 is 1.13 bits per heavy atom. The molecule has 0 unspecified atom stereocenters. The molecule has 6 nitrogen and oxygen atoms in total. The van der Waals surface area contributed by atoms with Gasteiger partial charge in [0.25, 0.3) is 0 Å². The first-order valence-electron chi connectivity index (χ1n) is 9.97. The fourth-order valence-corrected chi connectivity index (χ4v) is 5.38. The number of nitrogens with one attached hydrogen (secondary N) is 2. The van der Waals surface area contributed by atoms with Crippen molar-refractivity contribution in [1.82, 2.24) is 10.0 Å². The van der Waals surface area contributed by atoms with E-state index < -0.39 is 32.7 Å². The zero-order chi connectivity index (χ0) is 21.8. The Morgan fingerprint density at radius 2 is 1.77 bits per heavy atom. The van der Waals surface area contributed by atoms with Gasteiger partial charge in [-0.15, -0.1) is 0 Å². The van der Waals surface area contributed by atoms with Crippen LogP contribution in [0.2, 0.25) is 0 Å². The van der Waals surface area contributed by atoms with E-state index in [2.05, 4.69) is 10.0 Å². The molecule has 2 N–H and O–H groups in total. The Balaban J connectivity index is 1.71. The molecule has 162 valence electrons. The number of amides is 1. The second-order valence-electron chi connectivity index (χ2n) is 7.68. The largest absolute Gasteiger partial charge is 0.496 e. The number of hydrogen-bond acceptors (Lipinski definition) is 4. The van der Waals surface area contributed by atoms with E-state index in [4.69, 9.17) is 4.74 Å². The minimum absolute atomic E-state index is 0.258. The maximum absolute atomic E-state index is 13.9. The number of para-hydroxylation sites is 1. The summed E-state index contributed by atoms with van der Waals surface area (Å²) in [6.07, 6.45) is 3.90. The highest BCUT2D eigenvalue weighted by molar-refractivity contribution is 7.89. The first kappa shape index (κ1) is 22.2. The molecule has 2 aromatic carbocycles. The number of halogens is 1. The lowest BCUT2D eigenvalue weighted by Crippen LogP contribution is -2.48. The summed E-state index contributed by atoms with van der Waals surface area (Å²) in [5.41, 5.74) is 0.789. The summed E-state index contributed by atoms with van der Waals surface area (Å²) in [7, 11) is -2.53. The van der Waals surface area contributed by atoms with Gasteiger partial charge < -0.3 is 10.1 Å². The van der Waals surface area contributed by atoms with Gasteiger partial charge in [-0.1, -0.05) is 43.2 Å². The second-order valence-corrected chi connectivity index (χ2v) is 9.36. The lowest BCUT2D eigenvalue weighted by Gasteiger charge is -2.32. The quantitative estimate of drug-likeness (QED) is 0.669. The molecule has 1 aliphatic rings. The Bertz CT molecular complexity index is 1000. The van der Waals surface area contributed by atoms with Crippen LogP contribution in [-0.2, 0) is 20.2 Å². The van der Waals surface area contributed by atoms with Crippen LogP contribution in [0.4, 0.5) is 4.39 Å².